The normalized spacial score (nSPS) is 12.9. The number of rotatable bonds is 2. The van der Waals surface area contributed by atoms with Gasteiger partial charge in [0.2, 0.25) is 5.95 Å². The number of ether oxygens (including phenoxy) is 2. The summed E-state index contributed by atoms with van der Waals surface area (Å²) in [6, 6.07) is 5.62. The molecular weight excluding hydrogens is 299 g/mol. The van der Waals surface area contributed by atoms with E-state index in [9.17, 15) is 9.18 Å². The summed E-state index contributed by atoms with van der Waals surface area (Å²) in [4.78, 5) is 15.5. The molecular formula is C14H10ClFN2O3. The number of nitrogens with one attached hydrogen (secondary N) is 1. The van der Waals surface area contributed by atoms with Gasteiger partial charge in [0, 0.05) is 18.3 Å². The Kier molecular flexibility index (Phi) is 3.62. The van der Waals surface area contributed by atoms with Crippen molar-refractivity contribution >= 4 is 23.2 Å². The van der Waals surface area contributed by atoms with E-state index in [1.54, 1.807) is 12.1 Å². The lowest BCUT2D eigenvalue weighted by molar-refractivity contribution is 0.102. The van der Waals surface area contributed by atoms with Gasteiger partial charge in [-0.3, -0.25) is 4.79 Å². The van der Waals surface area contributed by atoms with Crippen molar-refractivity contribution in [1.29, 1.82) is 0 Å². The number of anilines is 1. The smallest absolute Gasteiger partial charge is 0.257 e. The van der Waals surface area contributed by atoms with Gasteiger partial charge in [0.15, 0.2) is 11.5 Å². The van der Waals surface area contributed by atoms with Crippen LogP contribution in [0.5, 0.6) is 11.5 Å². The van der Waals surface area contributed by atoms with Crippen LogP contribution in [-0.4, -0.2) is 24.1 Å². The minimum atomic E-state index is -0.649. The van der Waals surface area contributed by atoms with Crippen molar-refractivity contribution in [3.05, 3.63) is 47.0 Å². The first-order valence-electron chi connectivity index (χ1n) is 6.15. The Bertz CT molecular complexity index is 691. The number of hydrogen-bond acceptors (Lipinski definition) is 4. The summed E-state index contributed by atoms with van der Waals surface area (Å²) in [5, 5.41) is 2.95. The summed E-state index contributed by atoms with van der Waals surface area (Å²) in [7, 11) is 0. The van der Waals surface area contributed by atoms with Crippen molar-refractivity contribution in [1.82, 2.24) is 4.98 Å². The number of fused-ring (bicyclic) bond motifs is 1. The third-order valence-corrected chi connectivity index (χ3v) is 3.18. The van der Waals surface area contributed by atoms with E-state index in [0.29, 0.717) is 35.4 Å². The lowest BCUT2D eigenvalue weighted by Crippen LogP contribution is -2.17. The van der Waals surface area contributed by atoms with Crippen molar-refractivity contribution in [2.45, 2.75) is 0 Å². The monoisotopic (exact) mass is 308 g/mol. The van der Waals surface area contributed by atoms with Crippen molar-refractivity contribution in [2.75, 3.05) is 18.5 Å². The molecule has 0 radical (unpaired) electrons. The minimum Gasteiger partial charge on any atom is -0.486 e. The molecule has 0 saturated carbocycles. The van der Waals surface area contributed by atoms with Gasteiger partial charge in [-0.15, -0.1) is 0 Å². The lowest BCUT2D eigenvalue weighted by Gasteiger charge is -2.20. The molecule has 2 heterocycles. The van der Waals surface area contributed by atoms with Gasteiger partial charge in [0.05, 0.1) is 16.3 Å². The molecule has 1 aliphatic rings. The molecule has 108 valence electrons. The molecule has 7 heteroatoms. The van der Waals surface area contributed by atoms with Crippen molar-refractivity contribution in [3.8, 4) is 11.5 Å². The second-order valence-electron chi connectivity index (χ2n) is 4.30. The summed E-state index contributed by atoms with van der Waals surface area (Å²) in [6.07, 6.45) is 1.15. The van der Waals surface area contributed by atoms with Crippen LogP contribution in [0.2, 0.25) is 5.02 Å². The third kappa shape index (κ3) is 2.90. The number of hydrogen-bond donors (Lipinski definition) is 1. The zero-order chi connectivity index (χ0) is 14.8. The molecule has 5 nitrogen and oxygen atoms in total. The van der Waals surface area contributed by atoms with Crippen LogP contribution in [0.3, 0.4) is 0 Å². The highest BCUT2D eigenvalue weighted by Crippen LogP contribution is 2.38. The van der Waals surface area contributed by atoms with Gasteiger partial charge in [-0.25, -0.2) is 4.98 Å². The van der Waals surface area contributed by atoms with Crippen molar-refractivity contribution in [2.24, 2.45) is 0 Å². The molecule has 0 fully saturated rings. The van der Waals surface area contributed by atoms with E-state index in [4.69, 9.17) is 21.1 Å². The molecule has 0 spiro atoms. The number of halogens is 2. The third-order valence-electron chi connectivity index (χ3n) is 2.87. The molecule has 1 amide bonds. The van der Waals surface area contributed by atoms with E-state index >= 15 is 0 Å². The first kappa shape index (κ1) is 13.6. The molecule has 1 aromatic carbocycles. The standard InChI is InChI=1S/C14H10ClFN2O3/c15-9-5-11-12(21-4-3-20-11)6-10(9)18-14(19)8-1-2-13(16)17-7-8/h1-2,5-7H,3-4H2,(H,18,19). The molecule has 2 aromatic rings. The molecule has 3 rings (SSSR count). The van der Waals surface area contributed by atoms with Crippen LogP contribution >= 0.6 is 11.6 Å². The van der Waals surface area contributed by atoms with E-state index in [1.807, 2.05) is 0 Å². The quantitative estimate of drug-likeness (QED) is 0.867. The predicted octanol–water partition coefficient (Wildman–Crippen LogP) is 2.90. The van der Waals surface area contributed by atoms with Crippen molar-refractivity contribution < 1.29 is 18.7 Å². The SMILES string of the molecule is O=C(Nc1cc2c(cc1Cl)OCCO2)c1ccc(F)nc1. The Morgan fingerprint density at radius 2 is 1.95 bits per heavy atom. The largest absolute Gasteiger partial charge is 0.486 e. The number of carbonyl (C=O) groups excluding carboxylic acids is 1. The molecule has 1 aliphatic heterocycles. The molecule has 0 saturated heterocycles. The summed E-state index contributed by atoms with van der Waals surface area (Å²) in [5.41, 5.74) is 0.609. The van der Waals surface area contributed by atoms with Crippen molar-refractivity contribution in [3.63, 3.8) is 0 Å². The van der Waals surface area contributed by atoms with E-state index in [2.05, 4.69) is 10.3 Å². The first-order valence-corrected chi connectivity index (χ1v) is 6.53. The van der Waals surface area contributed by atoms with E-state index in [-0.39, 0.29) is 5.56 Å². The number of nitrogens with zero attached hydrogens (tertiary/aromatic N) is 1. The van der Waals surface area contributed by atoms with Gasteiger partial charge in [-0.05, 0) is 12.1 Å². The summed E-state index contributed by atoms with van der Waals surface area (Å²) < 4.78 is 23.5. The summed E-state index contributed by atoms with van der Waals surface area (Å²) >= 11 is 6.09. The number of benzene rings is 1. The Hall–Kier alpha value is -2.34. The topological polar surface area (TPSA) is 60.5 Å². The highest BCUT2D eigenvalue weighted by atomic mass is 35.5. The van der Waals surface area contributed by atoms with Crippen LogP contribution in [0.15, 0.2) is 30.5 Å². The number of aromatic nitrogens is 1. The number of carbonyl (C=O) groups is 1. The fourth-order valence-corrected chi connectivity index (χ4v) is 2.07. The zero-order valence-corrected chi connectivity index (χ0v) is 11.5. The van der Waals surface area contributed by atoms with Crippen LogP contribution in [0, 0.1) is 5.95 Å². The van der Waals surface area contributed by atoms with Crippen LogP contribution < -0.4 is 14.8 Å². The molecule has 1 N–H and O–H groups in total. The van der Waals surface area contributed by atoms with Crippen LogP contribution in [-0.2, 0) is 0 Å². The minimum absolute atomic E-state index is 0.224. The van der Waals surface area contributed by atoms with Gasteiger partial charge < -0.3 is 14.8 Å². The second-order valence-corrected chi connectivity index (χ2v) is 4.71. The Labute approximate surface area is 124 Å². The molecule has 0 aliphatic carbocycles. The van der Waals surface area contributed by atoms with E-state index in [0.717, 1.165) is 12.3 Å². The lowest BCUT2D eigenvalue weighted by atomic mass is 10.2. The Morgan fingerprint density at radius 1 is 1.24 bits per heavy atom. The van der Waals surface area contributed by atoms with E-state index in [1.165, 1.54) is 6.07 Å². The number of pyridine rings is 1. The summed E-state index contributed by atoms with van der Waals surface area (Å²) in [5.74, 6) is -0.0455. The molecule has 0 unspecified atom stereocenters. The molecule has 0 bridgehead atoms. The zero-order valence-electron chi connectivity index (χ0n) is 10.7. The average molecular weight is 309 g/mol. The van der Waals surface area contributed by atoms with Crippen LogP contribution in [0.1, 0.15) is 10.4 Å². The highest BCUT2D eigenvalue weighted by Gasteiger charge is 2.17. The highest BCUT2D eigenvalue weighted by molar-refractivity contribution is 6.34. The maximum Gasteiger partial charge on any atom is 0.257 e. The average Bonchev–Trinajstić information content (AvgIpc) is 2.48. The fourth-order valence-electron chi connectivity index (χ4n) is 1.86. The van der Waals surface area contributed by atoms with Gasteiger partial charge in [-0.1, -0.05) is 11.6 Å². The molecule has 0 atom stereocenters. The Morgan fingerprint density at radius 3 is 2.62 bits per heavy atom. The second kappa shape index (κ2) is 5.57. The molecule has 21 heavy (non-hydrogen) atoms. The van der Waals surface area contributed by atoms with Crippen LogP contribution in [0.4, 0.5) is 10.1 Å². The van der Waals surface area contributed by atoms with Gasteiger partial charge in [-0.2, -0.15) is 4.39 Å². The predicted molar refractivity (Wildman–Crippen MR) is 74.6 cm³/mol. The summed E-state index contributed by atoms with van der Waals surface area (Å²) in [6.45, 7) is 0.889. The molecule has 1 aromatic heterocycles. The van der Waals surface area contributed by atoms with E-state index < -0.39 is 11.9 Å². The first-order chi connectivity index (χ1) is 10.1. The maximum atomic E-state index is 12.7. The Balaban J connectivity index is 1.84. The van der Waals surface area contributed by atoms with Gasteiger partial charge in [0.1, 0.15) is 13.2 Å². The maximum absolute atomic E-state index is 12.7. The van der Waals surface area contributed by atoms with Crippen LogP contribution in [0.25, 0.3) is 0 Å². The van der Waals surface area contributed by atoms with Gasteiger partial charge in [0.25, 0.3) is 5.91 Å². The number of amides is 1. The van der Waals surface area contributed by atoms with Gasteiger partial charge >= 0.3 is 0 Å². The fraction of sp³-hybridized carbons (Fsp3) is 0.143.